The number of rotatable bonds is 1. The summed E-state index contributed by atoms with van der Waals surface area (Å²) in [5.41, 5.74) is 1.44. The third-order valence-electron chi connectivity index (χ3n) is 4.40. The fourth-order valence-corrected chi connectivity index (χ4v) is 3.39. The molecule has 0 amide bonds. The van der Waals surface area contributed by atoms with Crippen molar-refractivity contribution in [3.8, 4) is 0 Å². The van der Waals surface area contributed by atoms with Gasteiger partial charge in [-0.3, -0.25) is 0 Å². The van der Waals surface area contributed by atoms with Crippen LogP contribution in [-0.4, -0.2) is 0 Å². The van der Waals surface area contributed by atoms with Gasteiger partial charge in [-0.15, -0.1) is 0 Å². The largest absolute Gasteiger partial charge is 0.0616 e. The maximum absolute atomic E-state index is 2.37. The van der Waals surface area contributed by atoms with E-state index in [9.17, 15) is 0 Å². The molecule has 0 spiro atoms. The number of hydrogen-bond donors (Lipinski definition) is 0. The summed E-state index contributed by atoms with van der Waals surface area (Å²) in [4.78, 5) is 0. The summed E-state index contributed by atoms with van der Waals surface area (Å²) in [7, 11) is 0. The highest BCUT2D eigenvalue weighted by Gasteiger charge is 2.10. The third kappa shape index (κ3) is 1.83. The van der Waals surface area contributed by atoms with Crippen molar-refractivity contribution in [3.63, 3.8) is 0 Å². The predicted molar refractivity (Wildman–Crippen MR) is 93.0 cm³/mol. The molecule has 0 N–H and O–H groups in total. The summed E-state index contributed by atoms with van der Waals surface area (Å²) in [5, 5.41) is 8.14. The highest BCUT2D eigenvalue weighted by molar-refractivity contribution is 6.20. The second kappa shape index (κ2) is 4.60. The average Bonchev–Trinajstić information content (AvgIpc) is 2.53. The molecule has 0 bridgehead atoms. The smallest absolute Gasteiger partial charge is 0.00266 e. The molecule has 0 radical (unpaired) electrons. The SMILES string of the molecule is CC(C)c1cc2ccc3ccccc3c2c2ccccc12. The van der Waals surface area contributed by atoms with Crippen molar-refractivity contribution in [1.82, 2.24) is 0 Å². The molecule has 0 unspecified atom stereocenters. The van der Waals surface area contributed by atoms with Crippen LogP contribution >= 0.6 is 0 Å². The number of fused-ring (bicyclic) bond motifs is 5. The van der Waals surface area contributed by atoms with E-state index in [0.29, 0.717) is 5.92 Å². The van der Waals surface area contributed by atoms with Gasteiger partial charge in [0.05, 0.1) is 0 Å². The molecule has 0 heteroatoms. The molecular formula is C21H18. The van der Waals surface area contributed by atoms with Crippen LogP contribution in [-0.2, 0) is 0 Å². The number of benzene rings is 4. The van der Waals surface area contributed by atoms with Gasteiger partial charge in [-0.25, -0.2) is 0 Å². The zero-order valence-corrected chi connectivity index (χ0v) is 12.4. The summed E-state index contributed by atoms with van der Waals surface area (Å²) < 4.78 is 0. The van der Waals surface area contributed by atoms with Gasteiger partial charge in [0, 0.05) is 0 Å². The first kappa shape index (κ1) is 12.4. The van der Waals surface area contributed by atoms with Crippen molar-refractivity contribution in [2.75, 3.05) is 0 Å². The van der Waals surface area contributed by atoms with Gasteiger partial charge in [0.1, 0.15) is 0 Å². The van der Waals surface area contributed by atoms with E-state index in [4.69, 9.17) is 0 Å². The van der Waals surface area contributed by atoms with Crippen molar-refractivity contribution in [2.45, 2.75) is 19.8 Å². The van der Waals surface area contributed by atoms with Gasteiger partial charge in [0.25, 0.3) is 0 Å². The molecule has 21 heavy (non-hydrogen) atoms. The number of hydrogen-bond acceptors (Lipinski definition) is 0. The molecule has 4 rings (SSSR count). The Labute approximate surface area is 125 Å². The molecule has 0 aliphatic rings. The van der Waals surface area contributed by atoms with Gasteiger partial charge in [0.2, 0.25) is 0 Å². The molecule has 102 valence electrons. The molecule has 0 aliphatic heterocycles. The molecule has 0 saturated heterocycles. The van der Waals surface area contributed by atoms with Gasteiger partial charge in [-0.1, -0.05) is 80.6 Å². The maximum Gasteiger partial charge on any atom is -0.00266 e. The summed E-state index contributed by atoms with van der Waals surface area (Å²) in [6.45, 7) is 4.54. The summed E-state index contributed by atoms with van der Waals surface area (Å²) in [6, 6.07) is 24.3. The minimum absolute atomic E-state index is 0.533. The van der Waals surface area contributed by atoms with E-state index in [-0.39, 0.29) is 0 Å². The fraction of sp³-hybridized carbons (Fsp3) is 0.143. The van der Waals surface area contributed by atoms with Crippen LogP contribution in [0.1, 0.15) is 25.3 Å². The van der Waals surface area contributed by atoms with Crippen LogP contribution in [0.5, 0.6) is 0 Å². The molecule has 0 nitrogen and oxygen atoms in total. The molecule has 0 fully saturated rings. The maximum atomic E-state index is 2.37. The highest BCUT2D eigenvalue weighted by Crippen LogP contribution is 2.36. The Kier molecular flexibility index (Phi) is 2.71. The fourth-order valence-electron chi connectivity index (χ4n) is 3.39. The van der Waals surface area contributed by atoms with E-state index >= 15 is 0 Å². The van der Waals surface area contributed by atoms with E-state index in [2.05, 4.69) is 80.6 Å². The molecule has 0 heterocycles. The monoisotopic (exact) mass is 270 g/mol. The van der Waals surface area contributed by atoms with E-state index in [0.717, 1.165) is 0 Å². The molecule has 0 saturated carbocycles. The first-order valence-corrected chi connectivity index (χ1v) is 7.59. The van der Waals surface area contributed by atoms with Crippen LogP contribution in [0.25, 0.3) is 32.3 Å². The van der Waals surface area contributed by atoms with Gasteiger partial charge in [-0.05, 0) is 43.8 Å². The van der Waals surface area contributed by atoms with Gasteiger partial charge in [-0.2, -0.15) is 0 Å². The Bertz CT molecular complexity index is 961. The quantitative estimate of drug-likeness (QED) is 0.357. The van der Waals surface area contributed by atoms with E-state index in [1.54, 1.807) is 0 Å². The minimum atomic E-state index is 0.533. The van der Waals surface area contributed by atoms with E-state index in [1.807, 2.05) is 0 Å². The Morgan fingerprint density at radius 1 is 0.619 bits per heavy atom. The zero-order valence-electron chi connectivity index (χ0n) is 12.4. The van der Waals surface area contributed by atoms with Crippen molar-refractivity contribution in [3.05, 3.63) is 72.3 Å². The zero-order chi connectivity index (χ0) is 14.4. The van der Waals surface area contributed by atoms with Crippen LogP contribution < -0.4 is 0 Å². The first-order chi connectivity index (χ1) is 10.3. The summed E-state index contributed by atoms with van der Waals surface area (Å²) in [6.07, 6.45) is 0. The van der Waals surface area contributed by atoms with Crippen molar-refractivity contribution in [1.29, 1.82) is 0 Å². The Balaban J connectivity index is 2.31. The highest BCUT2D eigenvalue weighted by atomic mass is 14.1. The lowest BCUT2D eigenvalue weighted by Crippen LogP contribution is -1.91. The topological polar surface area (TPSA) is 0 Å². The predicted octanol–water partition coefficient (Wildman–Crippen LogP) is 6.27. The minimum Gasteiger partial charge on any atom is -0.0616 e. The summed E-state index contributed by atoms with van der Waals surface area (Å²) in [5.74, 6) is 0.533. The lowest BCUT2D eigenvalue weighted by atomic mass is 9.89. The second-order valence-electron chi connectivity index (χ2n) is 6.05. The van der Waals surface area contributed by atoms with Crippen LogP contribution in [0.4, 0.5) is 0 Å². The Morgan fingerprint density at radius 2 is 1.24 bits per heavy atom. The standard InChI is InChI=1S/C21H18/c1-14(2)20-13-16-12-11-15-7-3-4-8-17(15)21(16)19-10-6-5-9-18(19)20/h3-14H,1-2H3. The van der Waals surface area contributed by atoms with Crippen LogP contribution in [0, 0.1) is 0 Å². The van der Waals surface area contributed by atoms with Crippen LogP contribution in [0.2, 0.25) is 0 Å². The molecule has 4 aromatic rings. The van der Waals surface area contributed by atoms with Gasteiger partial charge in [0.15, 0.2) is 0 Å². The second-order valence-corrected chi connectivity index (χ2v) is 6.05. The van der Waals surface area contributed by atoms with Crippen molar-refractivity contribution < 1.29 is 0 Å². The normalized spacial score (nSPS) is 11.8. The third-order valence-corrected chi connectivity index (χ3v) is 4.40. The average molecular weight is 270 g/mol. The lowest BCUT2D eigenvalue weighted by Gasteiger charge is -2.14. The summed E-state index contributed by atoms with van der Waals surface area (Å²) >= 11 is 0. The van der Waals surface area contributed by atoms with E-state index in [1.165, 1.54) is 37.9 Å². The Morgan fingerprint density at radius 3 is 2.00 bits per heavy atom. The molecule has 0 aromatic heterocycles. The van der Waals surface area contributed by atoms with Crippen LogP contribution in [0.15, 0.2) is 66.7 Å². The first-order valence-electron chi connectivity index (χ1n) is 7.59. The van der Waals surface area contributed by atoms with Gasteiger partial charge >= 0.3 is 0 Å². The Hall–Kier alpha value is -2.34. The van der Waals surface area contributed by atoms with Crippen molar-refractivity contribution in [2.24, 2.45) is 0 Å². The lowest BCUT2D eigenvalue weighted by molar-refractivity contribution is 0.878. The molecule has 0 atom stereocenters. The molecule has 4 aromatic carbocycles. The molecule has 0 aliphatic carbocycles. The van der Waals surface area contributed by atoms with Crippen molar-refractivity contribution >= 4 is 32.3 Å². The van der Waals surface area contributed by atoms with E-state index < -0.39 is 0 Å². The van der Waals surface area contributed by atoms with Crippen LogP contribution in [0.3, 0.4) is 0 Å². The van der Waals surface area contributed by atoms with Gasteiger partial charge < -0.3 is 0 Å². The molecular weight excluding hydrogens is 252 g/mol.